The van der Waals surface area contributed by atoms with Crippen molar-refractivity contribution in [2.45, 2.75) is 106 Å². The molecule has 1 N–H and O–H groups in total. The Kier molecular flexibility index (Phi) is 7.44. The molecule has 170 valence electrons. The molecule has 0 radical (unpaired) electrons. The number of ether oxygens (including phenoxy) is 2. The highest BCUT2D eigenvalue weighted by Gasteiger charge is 2.48. The van der Waals surface area contributed by atoms with Crippen LogP contribution in [-0.4, -0.2) is 30.7 Å². The van der Waals surface area contributed by atoms with Gasteiger partial charge in [-0.05, 0) is 60.2 Å². The van der Waals surface area contributed by atoms with Crippen molar-refractivity contribution in [3.63, 3.8) is 0 Å². The summed E-state index contributed by atoms with van der Waals surface area (Å²) in [5, 5.41) is 11.2. The Morgan fingerprint density at radius 2 is 1.21 bits per heavy atom. The minimum atomic E-state index is -0.240. The van der Waals surface area contributed by atoms with Crippen LogP contribution in [0.1, 0.15) is 93.4 Å². The summed E-state index contributed by atoms with van der Waals surface area (Å²) >= 11 is 0. The van der Waals surface area contributed by atoms with Crippen LogP contribution in [0.5, 0.6) is 0 Å². The van der Waals surface area contributed by atoms with Gasteiger partial charge in [0.25, 0.3) is 0 Å². The van der Waals surface area contributed by atoms with Gasteiger partial charge in [-0.15, -0.1) is 0 Å². The maximum atomic E-state index is 11.2. The van der Waals surface area contributed by atoms with Crippen molar-refractivity contribution < 1.29 is 14.6 Å². The lowest BCUT2D eigenvalue weighted by Crippen LogP contribution is -2.51. The second-order valence-corrected chi connectivity index (χ2v) is 12.7. The molecule has 3 fully saturated rings. The second kappa shape index (κ2) is 9.17. The molecule has 0 aromatic heterocycles. The van der Waals surface area contributed by atoms with E-state index >= 15 is 0 Å². The number of rotatable bonds is 3. The van der Waals surface area contributed by atoms with E-state index in [0.29, 0.717) is 23.7 Å². The van der Waals surface area contributed by atoms with E-state index in [1.165, 1.54) is 32.1 Å². The fraction of sp³-hybridized carbons (Fsp3) is 1.00. The van der Waals surface area contributed by atoms with Crippen LogP contribution in [0.25, 0.3) is 0 Å². The van der Waals surface area contributed by atoms with Gasteiger partial charge in [0.15, 0.2) is 6.29 Å². The van der Waals surface area contributed by atoms with Crippen LogP contribution in [0.15, 0.2) is 0 Å². The molecule has 1 saturated heterocycles. The molecule has 0 aromatic rings. The zero-order chi connectivity index (χ0) is 21.4. The predicted octanol–water partition coefficient (Wildman–Crippen LogP) is 6.29. The molecule has 3 aliphatic rings. The first-order valence-corrected chi connectivity index (χ1v) is 12.4. The molecule has 2 atom stereocenters. The highest BCUT2D eigenvalue weighted by atomic mass is 16.7. The Hall–Kier alpha value is -0.120. The molecule has 2 unspecified atom stereocenters. The molecule has 3 rings (SSSR count). The lowest BCUT2D eigenvalue weighted by molar-refractivity contribution is -0.249. The van der Waals surface area contributed by atoms with E-state index in [4.69, 9.17) is 9.47 Å². The van der Waals surface area contributed by atoms with E-state index in [1.54, 1.807) is 0 Å². The summed E-state index contributed by atoms with van der Waals surface area (Å²) in [6.07, 6.45) is 8.52. The molecule has 3 heteroatoms. The molecule has 0 spiro atoms. The lowest BCUT2D eigenvalue weighted by atomic mass is 9.58. The quantitative estimate of drug-likeness (QED) is 0.596. The van der Waals surface area contributed by atoms with Crippen molar-refractivity contribution in [1.82, 2.24) is 0 Å². The largest absolute Gasteiger partial charge is 0.393 e. The van der Waals surface area contributed by atoms with Gasteiger partial charge in [0.2, 0.25) is 0 Å². The van der Waals surface area contributed by atoms with Crippen molar-refractivity contribution in [3.8, 4) is 0 Å². The first-order chi connectivity index (χ1) is 13.5. The van der Waals surface area contributed by atoms with Crippen LogP contribution in [-0.2, 0) is 9.47 Å². The summed E-state index contributed by atoms with van der Waals surface area (Å²) < 4.78 is 12.8. The average molecular weight is 409 g/mol. The van der Waals surface area contributed by atoms with Gasteiger partial charge < -0.3 is 14.6 Å². The number of hydrogen-bond acceptors (Lipinski definition) is 3. The van der Waals surface area contributed by atoms with Crippen molar-refractivity contribution in [2.24, 2.45) is 46.3 Å². The molecule has 3 nitrogen and oxygen atoms in total. The Labute approximate surface area is 180 Å². The van der Waals surface area contributed by atoms with Gasteiger partial charge in [0, 0.05) is 11.8 Å². The molecular weight excluding hydrogens is 360 g/mol. The molecule has 1 heterocycles. The number of aliphatic hydroxyl groups is 1. The van der Waals surface area contributed by atoms with E-state index in [-0.39, 0.29) is 23.2 Å². The fourth-order valence-electron chi connectivity index (χ4n) is 6.41. The van der Waals surface area contributed by atoms with Gasteiger partial charge >= 0.3 is 0 Å². The zero-order valence-corrected chi connectivity index (χ0v) is 20.2. The molecule has 1 aliphatic heterocycles. The van der Waals surface area contributed by atoms with E-state index < -0.39 is 0 Å². The van der Waals surface area contributed by atoms with Crippen molar-refractivity contribution >= 4 is 0 Å². The summed E-state index contributed by atoms with van der Waals surface area (Å²) in [6, 6.07) is 0. The van der Waals surface area contributed by atoms with Crippen LogP contribution in [0.4, 0.5) is 0 Å². The topological polar surface area (TPSA) is 38.7 Å². The molecule has 29 heavy (non-hydrogen) atoms. The minimum Gasteiger partial charge on any atom is -0.393 e. The maximum absolute atomic E-state index is 11.2. The fourth-order valence-corrected chi connectivity index (χ4v) is 6.41. The molecule has 0 bridgehead atoms. The van der Waals surface area contributed by atoms with Crippen molar-refractivity contribution in [2.75, 3.05) is 13.2 Å². The monoisotopic (exact) mass is 408 g/mol. The number of hydrogen-bond donors (Lipinski definition) is 1. The molecule has 0 aromatic carbocycles. The summed E-state index contributed by atoms with van der Waals surface area (Å²) in [5.41, 5.74) is 0.188. The van der Waals surface area contributed by atoms with Gasteiger partial charge in [0.05, 0.1) is 19.3 Å². The summed E-state index contributed by atoms with van der Waals surface area (Å²) in [4.78, 5) is 0. The van der Waals surface area contributed by atoms with Gasteiger partial charge in [-0.1, -0.05) is 67.7 Å². The predicted molar refractivity (Wildman–Crippen MR) is 120 cm³/mol. The molecule has 2 saturated carbocycles. The second-order valence-electron chi connectivity index (χ2n) is 12.7. The third kappa shape index (κ3) is 5.57. The highest BCUT2D eigenvalue weighted by molar-refractivity contribution is 4.96. The first-order valence-electron chi connectivity index (χ1n) is 12.4. The molecule has 2 aliphatic carbocycles. The SMILES string of the molecule is CCC1CCC(C2COC(C3CC(C(C)(C)C)C(O)C(C(C)(C)C)C3)OC2)CC1. The first kappa shape index (κ1) is 23.5. The highest BCUT2D eigenvalue weighted by Crippen LogP contribution is 2.50. The molecule has 0 amide bonds. The summed E-state index contributed by atoms with van der Waals surface area (Å²) in [5.74, 6) is 3.29. The van der Waals surface area contributed by atoms with Gasteiger partial charge in [0.1, 0.15) is 0 Å². The third-order valence-corrected chi connectivity index (χ3v) is 8.63. The Balaban J connectivity index is 1.60. The summed E-state index contributed by atoms with van der Waals surface area (Å²) in [7, 11) is 0. The van der Waals surface area contributed by atoms with Crippen LogP contribution in [0, 0.1) is 46.3 Å². The maximum Gasteiger partial charge on any atom is 0.160 e. The van der Waals surface area contributed by atoms with E-state index in [1.807, 2.05) is 0 Å². The third-order valence-electron chi connectivity index (χ3n) is 8.63. The Morgan fingerprint density at radius 1 is 0.724 bits per heavy atom. The Morgan fingerprint density at radius 3 is 1.62 bits per heavy atom. The Bertz CT molecular complexity index is 477. The van der Waals surface area contributed by atoms with Gasteiger partial charge in [-0.3, -0.25) is 0 Å². The normalized spacial score (nSPS) is 42.6. The molecular formula is C26H48O3. The minimum absolute atomic E-state index is 0.0829. The van der Waals surface area contributed by atoms with Crippen molar-refractivity contribution in [1.29, 1.82) is 0 Å². The standard InChI is InChI=1S/C26H48O3/c1-8-17-9-11-18(12-10-17)20-15-28-24(29-16-20)19-13-21(25(2,3)4)23(27)22(14-19)26(5,6)7/h17-24,27H,8-16H2,1-7H3. The van der Waals surface area contributed by atoms with E-state index in [0.717, 1.165) is 37.9 Å². The van der Waals surface area contributed by atoms with Crippen LogP contribution in [0.3, 0.4) is 0 Å². The van der Waals surface area contributed by atoms with Crippen LogP contribution >= 0.6 is 0 Å². The zero-order valence-electron chi connectivity index (χ0n) is 20.2. The van der Waals surface area contributed by atoms with Crippen molar-refractivity contribution in [3.05, 3.63) is 0 Å². The van der Waals surface area contributed by atoms with Gasteiger partial charge in [-0.2, -0.15) is 0 Å². The van der Waals surface area contributed by atoms with E-state index in [2.05, 4.69) is 48.5 Å². The van der Waals surface area contributed by atoms with Gasteiger partial charge in [-0.25, -0.2) is 0 Å². The smallest absolute Gasteiger partial charge is 0.160 e. The number of aliphatic hydroxyl groups excluding tert-OH is 1. The summed E-state index contributed by atoms with van der Waals surface area (Å²) in [6.45, 7) is 17.7. The van der Waals surface area contributed by atoms with Crippen LogP contribution in [0.2, 0.25) is 0 Å². The van der Waals surface area contributed by atoms with Crippen LogP contribution < -0.4 is 0 Å². The van der Waals surface area contributed by atoms with E-state index in [9.17, 15) is 5.11 Å². The average Bonchev–Trinajstić information content (AvgIpc) is 2.66. The lowest BCUT2D eigenvalue weighted by Gasteiger charge is -2.51.